The second kappa shape index (κ2) is 5.97. The molecule has 1 aromatic carbocycles. The van der Waals surface area contributed by atoms with Crippen molar-refractivity contribution in [1.82, 2.24) is 0 Å². The number of carboxylic acid groups (broad SMARTS) is 1. The van der Waals surface area contributed by atoms with Gasteiger partial charge in [-0.15, -0.1) is 0 Å². The summed E-state index contributed by atoms with van der Waals surface area (Å²) in [5.74, 6) is -4.64. The largest absolute Gasteiger partial charge is 0.478 e. The van der Waals surface area contributed by atoms with E-state index in [1.54, 1.807) is 0 Å². The van der Waals surface area contributed by atoms with Crippen molar-refractivity contribution in [3.63, 3.8) is 0 Å². The van der Waals surface area contributed by atoms with Gasteiger partial charge in [0.2, 0.25) is 11.8 Å². The molecule has 0 spiro atoms. The zero-order chi connectivity index (χ0) is 15.6. The zero-order valence-electron chi connectivity index (χ0n) is 11.0. The van der Waals surface area contributed by atoms with Crippen molar-refractivity contribution in [2.24, 2.45) is 5.92 Å². The first-order valence-corrected chi connectivity index (χ1v) is 6.88. The SMILES string of the molecule is O=C(O)c1ccc(NC(=O)C2CCC(F)(F)CC2)cc1Cl. The minimum atomic E-state index is -2.68. The Bertz CT molecular complexity index is 567. The molecule has 0 heterocycles. The summed E-state index contributed by atoms with van der Waals surface area (Å²) in [6.07, 6.45) is -0.298. The van der Waals surface area contributed by atoms with Crippen LogP contribution in [0.15, 0.2) is 18.2 Å². The Morgan fingerprint density at radius 1 is 1.29 bits per heavy atom. The van der Waals surface area contributed by atoms with Gasteiger partial charge in [-0.05, 0) is 31.0 Å². The third-order valence-corrected chi connectivity index (χ3v) is 3.87. The molecule has 0 saturated heterocycles. The minimum absolute atomic E-state index is 0.00970. The molecule has 0 radical (unpaired) electrons. The number of halogens is 3. The lowest BCUT2D eigenvalue weighted by Gasteiger charge is -2.27. The molecule has 2 rings (SSSR count). The minimum Gasteiger partial charge on any atom is -0.478 e. The van der Waals surface area contributed by atoms with Crippen LogP contribution in [0.3, 0.4) is 0 Å². The first-order chi connectivity index (χ1) is 9.78. The Labute approximate surface area is 125 Å². The molecule has 0 aromatic heterocycles. The number of nitrogens with one attached hydrogen (secondary N) is 1. The number of rotatable bonds is 3. The van der Waals surface area contributed by atoms with Crippen molar-refractivity contribution < 1.29 is 23.5 Å². The molecule has 1 saturated carbocycles. The van der Waals surface area contributed by atoms with E-state index >= 15 is 0 Å². The van der Waals surface area contributed by atoms with Crippen molar-refractivity contribution in [2.75, 3.05) is 5.32 Å². The van der Waals surface area contributed by atoms with Crippen LogP contribution in [0.1, 0.15) is 36.0 Å². The highest BCUT2D eigenvalue weighted by molar-refractivity contribution is 6.33. The van der Waals surface area contributed by atoms with E-state index in [1.165, 1.54) is 18.2 Å². The molecule has 1 fully saturated rings. The highest BCUT2D eigenvalue weighted by Gasteiger charge is 2.37. The van der Waals surface area contributed by atoms with Crippen LogP contribution in [0.25, 0.3) is 0 Å². The van der Waals surface area contributed by atoms with E-state index in [0.717, 1.165) is 0 Å². The highest BCUT2D eigenvalue weighted by Crippen LogP contribution is 2.36. The van der Waals surface area contributed by atoms with Crippen LogP contribution in [0.2, 0.25) is 5.02 Å². The molecule has 4 nitrogen and oxygen atoms in total. The third-order valence-electron chi connectivity index (χ3n) is 3.55. The van der Waals surface area contributed by atoms with Gasteiger partial charge in [-0.3, -0.25) is 4.79 Å². The number of hydrogen-bond acceptors (Lipinski definition) is 2. The summed E-state index contributed by atoms with van der Waals surface area (Å²) in [6, 6.07) is 4.04. The Morgan fingerprint density at radius 3 is 2.43 bits per heavy atom. The molecule has 0 aliphatic heterocycles. The van der Waals surface area contributed by atoms with Crippen LogP contribution in [0.5, 0.6) is 0 Å². The maximum atomic E-state index is 13.0. The predicted molar refractivity (Wildman–Crippen MR) is 73.9 cm³/mol. The molecule has 7 heteroatoms. The van der Waals surface area contributed by atoms with Gasteiger partial charge in [0.15, 0.2) is 0 Å². The van der Waals surface area contributed by atoms with Crippen LogP contribution in [-0.4, -0.2) is 22.9 Å². The quantitative estimate of drug-likeness (QED) is 0.891. The van der Waals surface area contributed by atoms with Crippen LogP contribution in [-0.2, 0) is 4.79 Å². The fourth-order valence-electron chi connectivity index (χ4n) is 2.31. The number of alkyl halides is 2. The topological polar surface area (TPSA) is 66.4 Å². The number of carboxylic acids is 1. The van der Waals surface area contributed by atoms with E-state index in [2.05, 4.69) is 5.32 Å². The molecule has 1 aliphatic rings. The molecule has 1 amide bonds. The highest BCUT2D eigenvalue weighted by atomic mass is 35.5. The van der Waals surface area contributed by atoms with E-state index in [-0.39, 0.29) is 42.2 Å². The number of aromatic carboxylic acids is 1. The molecule has 1 aromatic rings. The van der Waals surface area contributed by atoms with Gasteiger partial charge in [0.25, 0.3) is 0 Å². The van der Waals surface area contributed by atoms with E-state index in [9.17, 15) is 18.4 Å². The van der Waals surface area contributed by atoms with E-state index in [0.29, 0.717) is 5.69 Å². The molecule has 0 bridgehead atoms. The monoisotopic (exact) mass is 317 g/mol. The van der Waals surface area contributed by atoms with Crippen LogP contribution >= 0.6 is 11.6 Å². The molecule has 2 N–H and O–H groups in total. The number of benzene rings is 1. The van der Waals surface area contributed by atoms with Crippen molar-refractivity contribution in [2.45, 2.75) is 31.6 Å². The maximum Gasteiger partial charge on any atom is 0.337 e. The van der Waals surface area contributed by atoms with Gasteiger partial charge in [0.1, 0.15) is 0 Å². The molecule has 0 atom stereocenters. The summed E-state index contributed by atoms with van der Waals surface area (Å²) < 4.78 is 26.1. The fraction of sp³-hybridized carbons (Fsp3) is 0.429. The number of amides is 1. The van der Waals surface area contributed by atoms with Gasteiger partial charge >= 0.3 is 5.97 Å². The standard InChI is InChI=1S/C14H14ClF2NO3/c15-11-7-9(1-2-10(11)13(20)21)18-12(19)8-3-5-14(16,17)6-4-8/h1-2,7-8H,3-6H2,(H,18,19)(H,20,21). The lowest BCUT2D eigenvalue weighted by atomic mass is 9.86. The molecule has 0 unspecified atom stereocenters. The Hall–Kier alpha value is -1.69. The molecule has 1 aliphatic carbocycles. The number of carbonyl (C=O) groups excluding carboxylic acids is 1. The summed E-state index contributed by atoms with van der Waals surface area (Å²) in [4.78, 5) is 22.8. The van der Waals surface area contributed by atoms with Crippen molar-refractivity contribution in [1.29, 1.82) is 0 Å². The maximum absolute atomic E-state index is 13.0. The zero-order valence-corrected chi connectivity index (χ0v) is 11.8. The normalized spacial score (nSPS) is 18.2. The average molecular weight is 318 g/mol. The van der Waals surface area contributed by atoms with Crippen molar-refractivity contribution >= 4 is 29.2 Å². The van der Waals surface area contributed by atoms with Gasteiger partial charge in [-0.1, -0.05) is 11.6 Å². The Kier molecular flexibility index (Phi) is 4.46. The smallest absolute Gasteiger partial charge is 0.337 e. The number of anilines is 1. The molecule has 114 valence electrons. The summed E-state index contributed by atoms with van der Waals surface area (Å²) in [5.41, 5.74) is 0.291. The summed E-state index contributed by atoms with van der Waals surface area (Å²) >= 11 is 5.80. The van der Waals surface area contributed by atoms with Crippen LogP contribution in [0, 0.1) is 5.92 Å². The lowest BCUT2D eigenvalue weighted by molar-refractivity contribution is -0.124. The molecule has 21 heavy (non-hydrogen) atoms. The predicted octanol–water partition coefficient (Wildman–Crippen LogP) is 3.80. The van der Waals surface area contributed by atoms with E-state index < -0.39 is 17.8 Å². The molecular formula is C14H14ClF2NO3. The third kappa shape index (κ3) is 3.91. The van der Waals surface area contributed by atoms with Gasteiger partial charge in [0.05, 0.1) is 10.6 Å². The van der Waals surface area contributed by atoms with Crippen LogP contribution < -0.4 is 5.32 Å². The Morgan fingerprint density at radius 2 is 1.90 bits per heavy atom. The summed E-state index contributed by atoms with van der Waals surface area (Å²) in [5, 5.41) is 11.4. The van der Waals surface area contributed by atoms with E-state index in [1.807, 2.05) is 0 Å². The van der Waals surface area contributed by atoms with Gasteiger partial charge < -0.3 is 10.4 Å². The lowest BCUT2D eigenvalue weighted by Crippen LogP contribution is -2.31. The van der Waals surface area contributed by atoms with Crippen LogP contribution in [0.4, 0.5) is 14.5 Å². The van der Waals surface area contributed by atoms with Gasteiger partial charge in [-0.2, -0.15) is 0 Å². The second-order valence-electron chi connectivity index (χ2n) is 5.12. The number of carbonyl (C=O) groups is 2. The first kappa shape index (κ1) is 15.7. The summed E-state index contributed by atoms with van der Waals surface area (Å²) in [6.45, 7) is 0. The second-order valence-corrected chi connectivity index (χ2v) is 5.53. The van der Waals surface area contributed by atoms with Gasteiger partial charge in [-0.25, -0.2) is 13.6 Å². The fourth-order valence-corrected chi connectivity index (χ4v) is 2.57. The first-order valence-electron chi connectivity index (χ1n) is 6.50. The summed E-state index contributed by atoms with van der Waals surface area (Å²) in [7, 11) is 0. The van der Waals surface area contributed by atoms with Crippen molar-refractivity contribution in [3.8, 4) is 0 Å². The van der Waals surface area contributed by atoms with Gasteiger partial charge in [0, 0.05) is 24.4 Å². The average Bonchev–Trinajstić information content (AvgIpc) is 2.38. The van der Waals surface area contributed by atoms with Crippen molar-refractivity contribution in [3.05, 3.63) is 28.8 Å². The molecular weight excluding hydrogens is 304 g/mol. The Balaban J connectivity index is 2.00. The number of hydrogen-bond donors (Lipinski definition) is 2. The van der Waals surface area contributed by atoms with E-state index in [4.69, 9.17) is 16.7 Å².